The van der Waals surface area contributed by atoms with Crippen LogP contribution in [-0.2, 0) is 16.0 Å². The maximum absolute atomic E-state index is 14.0. The zero-order chi connectivity index (χ0) is 24.6. The molecule has 2 aromatic rings. The van der Waals surface area contributed by atoms with Crippen molar-refractivity contribution in [2.75, 3.05) is 49.7 Å². The second-order valence-corrected chi connectivity index (χ2v) is 9.27. The van der Waals surface area contributed by atoms with Gasteiger partial charge in [-0.05, 0) is 49.7 Å². The maximum Gasteiger partial charge on any atom is 0.401 e. The van der Waals surface area contributed by atoms with Crippen LogP contribution in [0.5, 0.6) is 0 Å². The SMILES string of the molecule is OC(C1CCN(CC(F)(F)F)CC1)N1Cc2cc(F)cnc2Nc2ccc([C@@H]3COCCO3)cc21. The molecule has 0 amide bonds. The lowest BCUT2D eigenvalue weighted by atomic mass is 9.93. The Morgan fingerprint density at radius 3 is 2.69 bits per heavy atom. The molecule has 190 valence electrons. The minimum atomic E-state index is -4.25. The van der Waals surface area contributed by atoms with Crippen molar-refractivity contribution in [1.29, 1.82) is 0 Å². The van der Waals surface area contributed by atoms with Crippen molar-refractivity contribution < 1.29 is 32.1 Å². The van der Waals surface area contributed by atoms with Crippen molar-refractivity contribution in [2.45, 2.75) is 37.9 Å². The van der Waals surface area contributed by atoms with E-state index < -0.39 is 24.8 Å². The van der Waals surface area contributed by atoms with Crippen molar-refractivity contribution >= 4 is 17.2 Å². The number of piperidine rings is 1. The first-order chi connectivity index (χ1) is 16.8. The van der Waals surface area contributed by atoms with Crippen LogP contribution in [0.3, 0.4) is 0 Å². The molecule has 35 heavy (non-hydrogen) atoms. The summed E-state index contributed by atoms with van der Waals surface area (Å²) in [6, 6.07) is 7.09. The van der Waals surface area contributed by atoms with E-state index in [0.29, 0.717) is 55.4 Å². The van der Waals surface area contributed by atoms with E-state index in [4.69, 9.17) is 9.47 Å². The van der Waals surface area contributed by atoms with Gasteiger partial charge < -0.3 is 24.8 Å². The molecular formula is C24H28F4N4O3. The van der Waals surface area contributed by atoms with Crippen LogP contribution in [0.4, 0.5) is 34.8 Å². The Labute approximate surface area is 200 Å². The average molecular weight is 497 g/mol. The van der Waals surface area contributed by atoms with Crippen molar-refractivity contribution in [3.05, 3.63) is 47.4 Å². The van der Waals surface area contributed by atoms with Gasteiger partial charge in [0.05, 0.1) is 43.9 Å². The number of ether oxygens (including phenoxy) is 2. The average Bonchev–Trinajstić information content (AvgIpc) is 2.99. The van der Waals surface area contributed by atoms with E-state index in [0.717, 1.165) is 11.8 Å². The number of aliphatic hydroxyl groups is 1. The predicted octanol–water partition coefficient (Wildman–Crippen LogP) is 3.96. The molecule has 3 aliphatic rings. The molecule has 0 aliphatic carbocycles. The van der Waals surface area contributed by atoms with E-state index in [9.17, 15) is 22.7 Å². The van der Waals surface area contributed by atoms with E-state index in [1.54, 1.807) is 4.90 Å². The van der Waals surface area contributed by atoms with Crippen LogP contribution in [0.15, 0.2) is 30.5 Å². The summed E-state index contributed by atoms with van der Waals surface area (Å²) in [7, 11) is 0. The van der Waals surface area contributed by atoms with Crippen LogP contribution in [0.25, 0.3) is 0 Å². The molecule has 5 rings (SSSR count). The number of aromatic nitrogens is 1. The fourth-order valence-corrected chi connectivity index (χ4v) is 5.04. The van der Waals surface area contributed by atoms with Crippen LogP contribution in [0, 0.1) is 11.7 Å². The molecule has 2 N–H and O–H groups in total. The van der Waals surface area contributed by atoms with E-state index in [1.165, 1.54) is 11.0 Å². The first kappa shape index (κ1) is 24.2. The number of benzene rings is 1. The van der Waals surface area contributed by atoms with Gasteiger partial charge in [-0.3, -0.25) is 4.90 Å². The van der Waals surface area contributed by atoms with Gasteiger partial charge in [-0.2, -0.15) is 13.2 Å². The first-order valence-electron chi connectivity index (χ1n) is 11.8. The number of hydrogen-bond donors (Lipinski definition) is 2. The quantitative estimate of drug-likeness (QED) is 0.621. The number of anilines is 3. The number of nitrogens with one attached hydrogen (secondary N) is 1. The van der Waals surface area contributed by atoms with Crippen molar-refractivity contribution in [3.8, 4) is 0 Å². The molecule has 4 heterocycles. The van der Waals surface area contributed by atoms with Gasteiger partial charge in [-0.1, -0.05) is 6.07 Å². The van der Waals surface area contributed by atoms with E-state index in [2.05, 4.69) is 10.3 Å². The lowest BCUT2D eigenvalue weighted by Crippen LogP contribution is -2.47. The highest BCUT2D eigenvalue weighted by atomic mass is 19.4. The fraction of sp³-hybridized carbons (Fsp3) is 0.542. The van der Waals surface area contributed by atoms with Gasteiger partial charge in [0.25, 0.3) is 0 Å². The third-order valence-electron chi connectivity index (χ3n) is 6.82. The molecule has 1 aromatic carbocycles. The minimum Gasteiger partial charge on any atom is -0.376 e. The zero-order valence-electron chi connectivity index (χ0n) is 19.1. The van der Waals surface area contributed by atoms with Gasteiger partial charge in [0, 0.05) is 18.0 Å². The molecule has 0 spiro atoms. The second-order valence-electron chi connectivity index (χ2n) is 9.27. The summed E-state index contributed by atoms with van der Waals surface area (Å²) in [4.78, 5) is 7.34. The molecule has 0 saturated carbocycles. The summed E-state index contributed by atoms with van der Waals surface area (Å²) >= 11 is 0. The molecule has 3 aliphatic heterocycles. The molecule has 0 radical (unpaired) electrons. The summed E-state index contributed by atoms with van der Waals surface area (Å²) in [5, 5.41) is 14.7. The number of hydrogen-bond acceptors (Lipinski definition) is 7. The number of rotatable bonds is 4. The van der Waals surface area contributed by atoms with Crippen molar-refractivity contribution in [3.63, 3.8) is 0 Å². The monoisotopic (exact) mass is 496 g/mol. The van der Waals surface area contributed by atoms with Gasteiger partial charge in [0.15, 0.2) is 0 Å². The Hall–Kier alpha value is -2.47. The Morgan fingerprint density at radius 2 is 1.97 bits per heavy atom. The molecule has 1 aromatic heterocycles. The largest absolute Gasteiger partial charge is 0.401 e. The van der Waals surface area contributed by atoms with E-state index in [-0.39, 0.29) is 31.7 Å². The Balaban J connectivity index is 1.43. The highest BCUT2D eigenvalue weighted by molar-refractivity contribution is 5.78. The van der Waals surface area contributed by atoms with Crippen molar-refractivity contribution in [1.82, 2.24) is 9.88 Å². The summed E-state index contributed by atoms with van der Waals surface area (Å²) in [6.07, 6.45) is -3.50. The Bertz CT molecular complexity index is 1040. The summed E-state index contributed by atoms with van der Waals surface area (Å²) in [6.45, 7) is 1.18. The van der Waals surface area contributed by atoms with Gasteiger partial charge in [0.1, 0.15) is 24.0 Å². The number of aliphatic hydroxyl groups excluding tert-OH is 1. The minimum absolute atomic E-state index is 0.190. The highest BCUT2D eigenvalue weighted by Gasteiger charge is 2.36. The molecule has 11 heteroatoms. The number of likely N-dealkylation sites (tertiary alicyclic amines) is 1. The normalized spacial score (nSPS) is 22.7. The maximum atomic E-state index is 14.0. The molecule has 2 fully saturated rings. The Kier molecular flexibility index (Phi) is 6.84. The summed E-state index contributed by atoms with van der Waals surface area (Å²) < 4.78 is 63.8. The predicted molar refractivity (Wildman–Crippen MR) is 121 cm³/mol. The third-order valence-corrected chi connectivity index (χ3v) is 6.82. The molecule has 2 atom stereocenters. The van der Waals surface area contributed by atoms with Gasteiger partial charge >= 0.3 is 6.18 Å². The first-order valence-corrected chi connectivity index (χ1v) is 11.8. The van der Waals surface area contributed by atoms with Gasteiger partial charge in [0.2, 0.25) is 0 Å². The van der Waals surface area contributed by atoms with Crippen LogP contribution in [0.2, 0.25) is 0 Å². The van der Waals surface area contributed by atoms with E-state index >= 15 is 0 Å². The highest BCUT2D eigenvalue weighted by Crippen LogP contribution is 2.40. The standard InChI is InChI=1S/C24H28F4N4O3/c25-18-9-17-12-32(23(33)15-3-5-31(6-4-15)14-24(26,27)28)20-10-16(21-13-34-7-8-35-21)1-2-19(20)30-22(17)29-11-18/h1-2,9-11,15,21,23,33H,3-8,12-14H2,(H,29,30)/t21-,23?/m0/s1. The number of fused-ring (bicyclic) bond motifs is 2. The van der Waals surface area contributed by atoms with E-state index in [1.807, 2.05) is 18.2 Å². The molecular weight excluding hydrogens is 468 g/mol. The third kappa shape index (κ3) is 5.53. The number of nitrogens with zero attached hydrogens (tertiary/aromatic N) is 3. The number of halogens is 4. The second kappa shape index (κ2) is 9.88. The Morgan fingerprint density at radius 1 is 1.17 bits per heavy atom. The van der Waals surface area contributed by atoms with Crippen LogP contribution < -0.4 is 10.2 Å². The van der Waals surface area contributed by atoms with Crippen LogP contribution in [-0.4, -0.2) is 66.8 Å². The number of pyridine rings is 1. The molecule has 0 bridgehead atoms. The van der Waals surface area contributed by atoms with Crippen LogP contribution >= 0.6 is 0 Å². The van der Waals surface area contributed by atoms with Crippen molar-refractivity contribution in [2.24, 2.45) is 5.92 Å². The smallest absolute Gasteiger partial charge is 0.376 e. The fourth-order valence-electron chi connectivity index (χ4n) is 5.04. The topological polar surface area (TPSA) is 70.1 Å². The zero-order valence-corrected chi connectivity index (χ0v) is 19.1. The summed E-state index contributed by atoms with van der Waals surface area (Å²) in [5.41, 5.74) is 2.85. The summed E-state index contributed by atoms with van der Waals surface area (Å²) in [5.74, 6) is -0.236. The lowest BCUT2D eigenvalue weighted by Gasteiger charge is -2.40. The molecule has 7 nitrogen and oxygen atoms in total. The lowest BCUT2D eigenvalue weighted by molar-refractivity contribution is -0.149. The van der Waals surface area contributed by atoms with Gasteiger partial charge in [-0.25, -0.2) is 9.37 Å². The molecule has 2 saturated heterocycles. The molecule has 1 unspecified atom stereocenters. The number of alkyl halides is 3. The van der Waals surface area contributed by atoms with Crippen LogP contribution in [0.1, 0.15) is 30.1 Å². The van der Waals surface area contributed by atoms with Gasteiger partial charge in [-0.15, -0.1) is 0 Å².